The zero-order valence-corrected chi connectivity index (χ0v) is 50.0. The molecule has 4 aromatic heterocycles. The van der Waals surface area contributed by atoms with E-state index in [2.05, 4.69) is 51.4 Å². The number of hydrogen-bond donors (Lipinski definition) is 5. The molecular weight excluding hydrogens is 1260 g/mol. The molecule has 4 atom stereocenters. The minimum atomic E-state index is -4.85. The molecule has 492 valence electrons. The molecule has 3 amide bonds. The number of benzene rings is 2. The molecule has 0 radical (unpaired) electrons. The number of rotatable bonds is 22. The summed E-state index contributed by atoms with van der Waals surface area (Å²) in [6.07, 6.45) is -0.827. The SMILES string of the molecule is C1CCNCC1.CC(C(=O)Nc1ccn(CCC(F)Cn2cc(C(=O)NCc3cccc(OC(F)(F)F)c3)nn2)c(=O)c1F)N1CCCCC1.CC(Cl)C(=O)Cl.Nc1ccn(CCC(F)Cn2cc(C(=O)NCc3cccc(OC(F)(F)F)c3)nn2)c(=O)c1F. The van der Waals surface area contributed by atoms with Crippen LogP contribution in [0.25, 0.3) is 0 Å². The smallest absolute Gasteiger partial charge is 0.406 e. The zero-order valence-electron chi connectivity index (χ0n) is 48.5. The van der Waals surface area contributed by atoms with Crippen molar-refractivity contribution < 1.29 is 72.6 Å². The van der Waals surface area contributed by atoms with Crippen molar-refractivity contribution in [2.24, 2.45) is 0 Å². The number of amides is 3. The number of carbonyl (C=O) groups is 4. The Labute approximate surface area is 518 Å². The Morgan fingerprint density at radius 2 is 1.12 bits per heavy atom. The number of nitrogens with two attached hydrogens (primary N) is 1. The van der Waals surface area contributed by atoms with Crippen molar-refractivity contribution in [3.05, 3.63) is 140 Å². The topological polar surface area (TPSA) is 270 Å². The molecule has 8 rings (SSSR count). The summed E-state index contributed by atoms with van der Waals surface area (Å²) in [4.78, 5) is 73.2. The van der Waals surface area contributed by atoms with Gasteiger partial charge in [0, 0.05) is 38.6 Å². The number of nitrogen functional groups attached to an aromatic ring is 1. The van der Waals surface area contributed by atoms with E-state index in [1.54, 1.807) is 6.92 Å². The maximum absolute atomic E-state index is 14.8. The molecule has 2 fully saturated rings. The molecule has 2 saturated heterocycles. The molecular formula is C56H66Cl2F10N14O8. The second kappa shape index (κ2) is 35.3. The van der Waals surface area contributed by atoms with Crippen LogP contribution in [0.3, 0.4) is 0 Å². The van der Waals surface area contributed by atoms with E-state index >= 15 is 0 Å². The van der Waals surface area contributed by atoms with Crippen LogP contribution in [0, 0.1) is 11.6 Å². The number of nitrogens with one attached hydrogen (secondary N) is 4. The van der Waals surface area contributed by atoms with Crippen molar-refractivity contribution in [3.8, 4) is 11.5 Å². The van der Waals surface area contributed by atoms with Gasteiger partial charge in [0.15, 0.2) is 11.4 Å². The molecule has 0 spiro atoms. The van der Waals surface area contributed by atoms with Crippen molar-refractivity contribution in [2.75, 3.05) is 37.2 Å². The first kappa shape index (κ1) is 72.6. The number of alkyl halides is 9. The Hall–Kier alpha value is -8.10. The maximum Gasteiger partial charge on any atom is 0.573 e. The number of anilines is 2. The Morgan fingerprint density at radius 3 is 1.54 bits per heavy atom. The fourth-order valence-corrected chi connectivity index (χ4v) is 8.45. The van der Waals surface area contributed by atoms with E-state index in [0.717, 1.165) is 75.1 Å². The number of likely N-dealkylation sites (tertiary alicyclic amines) is 1. The van der Waals surface area contributed by atoms with E-state index in [1.807, 2.05) is 4.90 Å². The lowest BCUT2D eigenvalue weighted by Crippen LogP contribution is -2.44. The Kier molecular flexibility index (Phi) is 28.5. The van der Waals surface area contributed by atoms with Crippen molar-refractivity contribution in [1.29, 1.82) is 0 Å². The molecule has 4 unspecified atom stereocenters. The third-order valence-corrected chi connectivity index (χ3v) is 13.8. The van der Waals surface area contributed by atoms with Crippen LogP contribution in [0.5, 0.6) is 11.5 Å². The van der Waals surface area contributed by atoms with Crippen LogP contribution in [0.2, 0.25) is 0 Å². The fourth-order valence-electron chi connectivity index (χ4n) is 8.45. The number of nitrogens with zero attached hydrogens (tertiary/aromatic N) is 9. The summed E-state index contributed by atoms with van der Waals surface area (Å²) in [5.74, 6) is -4.89. The van der Waals surface area contributed by atoms with Crippen LogP contribution in [0.4, 0.5) is 55.3 Å². The first-order chi connectivity index (χ1) is 42.5. The number of piperidine rings is 2. The number of pyridine rings is 2. The van der Waals surface area contributed by atoms with Gasteiger partial charge in [0.25, 0.3) is 22.9 Å². The predicted molar refractivity (Wildman–Crippen MR) is 310 cm³/mol. The molecule has 0 bridgehead atoms. The van der Waals surface area contributed by atoms with Gasteiger partial charge in [0.1, 0.15) is 29.2 Å². The molecule has 6 N–H and O–H groups in total. The lowest BCUT2D eigenvalue weighted by molar-refractivity contribution is -0.275. The molecule has 2 aliphatic heterocycles. The van der Waals surface area contributed by atoms with Gasteiger partial charge in [-0.1, -0.05) is 47.5 Å². The van der Waals surface area contributed by atoms with Crippen LogP contribution in [0.1, 0.15) is 97.3 Å². The molecule has 0 aliphatic carbocycles. The van der Waals surface area contributed by atoms with E-state index in [-0.39, 0.29) is 74.9 Å². The summed E-state index contributed by atoms with van der Waals surface area (Å²) >= 11 is 9.97. The standard InChI is InChI=1S/C28H32F5N7O4.C20H19F5N6O3.C5H11N.C3H4Cl2O/c1-18(38-10-3-2-4-11-38)25(41)35-22-9-13-39(27(43)24(22)30)12-8-20(29)16-40-17-23(36-37-40)26(42)34-15-19-6-5-7-21(14-19)44-28(31,32)33;21-13(4-6-30-7-5-15(26)17(22)19(30)33)10-31-11-16(28-29-31)18(32)27-9-12-2-1-3-14(8-12)34-20(23,24)25;1-2-4-6-5-3-1;1-2(4)3(5)6/h5-7,9,13-14,17-18,20H,2-4,8,10-12,15-16H2,1H3,(H,34,42)(H,35,41);1-3,5,7-8,11,13H,4,6,9-10,26H2,(H,27,32);6H,1-5H2;2H,1H3. The molecule has 2 aliphatic rings. The molecule has 2 aromatic carbocycles. The predicted octanol–water partition coefficient (Wildman–Crippen LogP) is 8.21. The van der Waals surface area contributed by atoms with Crippen molar-refractivity contribution in [2.45, 2.75) is 141 Å². The summed E-state index contributed by atoms with van der Waals surface area (Å²) in [6.45, 7) is 6.22. The van der Waals surface area contributed by atoms with Gasteiger partial charge in [-0.3, -0.25) is 33.7 Å². The normalized spacial score (nSPS) is 14.7. The monoisotopic (exact) mass is 1320 g/mol. The van der Waals surface area contributed by atoms with Crippen LogP contribution in [0.15, 0.2) is 95.0 Å². The highest BCUT2D eigenvalue weighted by atomic mass is 35.5. The number of aryl methyl sites for hydroxylation is 2. The summed E-state index contributed by atoms with van der Waals surface area (Å²) in [5, 5.41) is 24.3. The molecule has 90 heavy (non-hydrogen) atoms. The third kappa shape index (κ3) is 25.4. The molecule has 34 heteroatoms. The lowest BCUT2D eigenvalue weighted by atomic mass is 10.1. The Balaban J connectivity index is 0.000000281. The van der Waals surface area contributed by atoms with Gasteiger partial charge in [-0.2, -0.15) is 8.78 Å². The maximum atomic E-state index is 14.8. The van der Waals surface area contributed by atoms with Gasteiger partial charge in [-0.05, 0) is 138 Å². The van der Waals surface area contributed by atoms with Gasteiger partial charge in [0.2, 0.25) is 22.8 Å². The summed E-state index contributed by atoms with van der Waals surface area (Å²) in [7, 11) is 0. The molecule has 6 aromatic rings. The fraction of sp³-hybridized carbons (Fsp3) is 0.464. The summed E-state index contributed by atoms with van der Waals surface area (Å²) in [5.41, 5.74) is 3.20. The van der Waals surface area contributed by atoms with Gasteiger partial charge < -0.3 is 45.6 Å². The minimum absolute atomic E-state index is 0.101. The molecule has 0 saturated carbocycles. The second-order valence-electron chi connectivity index (χ2n) is 20.3. The van der Waals surface area contributed by atoms with E-state index in [4.69, 9.17) is 28.9 Å². The van der Waals surface area contributed by atoms with Gasteiger partial charge >= 0.3 is 12.7 Å². The van der Waals surface area contributed by atoms with Gasteiger partial charge in [0.05, 0.1) is 42.9 Å². The molecule has 6 heterocycles. The highest BCUT2D eigenvalue weighted by molar-refractivity contribution is 6.69. The zero-order chi connectivity index (χ0) is 66.1. The average Bonchev–Trinajstić information content (AvgIpc) is 2.54. The number of aromatic nitrogens is 8. The highest BCUT2D eigenvalue weighted by Crippen LogP contribution is 2.25. The largest absolute Gasteiger partial charge is 0.573 e. The Bertz CT molecular complexity index is 3400. The van der Waals surface area contributed by atoms with Crippen LogP contribution < -0.4 is 47.6 Å². The van der Waals surface area contributed by atoms with E-state index in [0.29, 0.717) is 11.1 Å². The highest BCUT2D eigenvalue weighted by Gasteiger charge is 2.32. The average molecular weight is 1320 g/mol. The first-order valence-corrected chi connectivity index (χ1v) is 28.8. The number of carbonyl (C=O) groups excluding carboxylic acids is 4. The molecule has 22 nitrogen and oxygen atoms in total. The van der Waals surface area contributed by atoms with Crippen LogP contribution >= 0.6 is 23.2 Å². The van der Waals surface area contributed by atoms with Crippen molar-refractivity contribution in [1.82, 2.24) is 60.0 Å². The van der Waals surface area contributed by atoms with Crippen molar-refractivity contribution >= 4 is 57.5 Å². The minimum Gasteiger partial charge on any atom is -0.406 e. The summed E-state index contributed by atoms with van der Waals surface area (Å²) in [6, 6.07) is 12.1. The quantitative estimate of drug-likeness (QED) is 0.0243. The number of hydrogen-bond acceptors (Lipinski definition) is 15. The number of halogens is 12. The van der Waals surface area contributed by atoms with Crippen molar-refractivity contribution in [3.63, 3.8) is 0 Å². The lowest BCUT2D eigenvalue weighted by Gasteiger charge is -2.31. The number of ether oxygens (including phenoxy) is 2. The van der Waals surface area contributed by atoms with Gasteiger partial charge in [-0.15, -0.1) is 48.1 Å². The second-order valence-corrected chi connectivity index (χ2v) is 21.3. The first-order valence-electron chi connectivity index (χ1n) is 28.0. The van der Waals surface area contributed by atoms with Crippen LogP contribution in [-0.2, 0) is 48.9 Å². The van der Waals surface area contributed by atoms with E-state index < -0.39 is 93.7 Å². The van der Waals surface area contributed by atoms with Gasteiger partial charge in [-0.25, -0.2) is 18.1 Å². The van der Waals surface area contributed by atoms with E-state index in [1.165, 1.54) is 100 Å². The Morgan fingerprint density at radius 1 is 0.678 bits per heavy atom. The van der Waals surface area contributed by atoms with Crippen LogP contribution in [-0.4, -0.2) is 130 Å². The summed E-state index contributed by atoms with van der Waals surface area (Å²) < 4.78 is 143. The van der Waals surface area contributed by atoms with E-state index in [9.17, 15) is 72.7 Å². The third-order valence-electron chi connectivity index (χ3n) is 13.2.